The Kier molecular flexibility index (Phi) is 2.22. The second-order valence-corrected chi connectivity index (χ2v) is 4.92. The largest absolute Gasteiger partial charge is 0.351 e. The van der Waals surface area contributed by atoms with E-state index in [2.05, 4.69) is 42.8 Å². The summed E-state index contributed by atoms with van der Waals surface area (Å²) in [6, 6.07) is 6.12. The molecule has 1 saturated heterocycles. The third-order valence-electron chi connectivity index (χ3n) is 3.00. The molecule has 0 amide bonds. The minimum Gasteiger partial charge on any atom is -0.351 e. The van der Waals surface area contributed by atoms with E-state index in [9.17, 15) is 0 Å². The average Bonchev–Trinajstić information content (AvgIpc) is 2.41. The number of hydrogen-bond acceptors (Lipinski definition) is 2. The molecule has 2 heteroatoms. The molecule has 1 atom stereocenters. The Bertz CT molecular complexity index is 305. The molecule has 1 fully saturated rings. The van der Waals surface area contributed by atoms with Crippen LogP contribution < -0.4 is 4.90 Å². The maximum Gasteiger partial charge on any atom is 0.128 e. The van der Waals surface area contributed by atoms with E-state index in [-0.39, 0.29) is 5.54 Å². The summed E-state index contributed by atoms with van der Waals surface area (Å²) in [6.45, 7) is 8.03. The third-order valence-corrected chi connectivity index (χ3v) is 3.00. The Balaban J connectivity index is 2.27. The first-order chi connectivity index (χ1) is 6.59. The van der Waals surface area contributed by atoms with Crippen molar-refractivity contribution in [1.29, 1.82) is 0 Å². The van der Waals surface area contributed by atoms with Crippen molar-refractivity contribution in [3.63, 3.8) is 0 Å². The highest BCUT2D eigenvalue weighted by Crippen LogP contribution is 2.35. The summed E-state index contributed by atoms with van der Waals surface area (Å²) in [4.78, 5) is 6.83. The van der Waals surface area contributed by atoms with Crippen LogP contribution in [0.3, 0.4) is 0 Å². The first-order valence-corrected chi connectivity index (χ1v) is 5.28. The van der Waals surface area contributed by atoms with Crippen LogP contribution in [-0.4, -0.2) is 17.1 Å². The smallest absolute Gasteiger partial charge is 0.128 e. The fourth-order valence-electron chi connectivity index (χ4n) is 2.50. The first kappa shape index (κ1) is 9.50. The molecule has 76 valence electrons. The molecule has 2 heterocycles. The molecule has 0 N–H and O–H groups in total. The summed E-state index contributed by atoms with van der Waals surface area (Å²) < 4.78 is 0. The van der Waals surface area contributed by atoms with Crippen LogP contribution in [0.4, 0.5) is 5.82 Å². The molecule has 0 unspecified atom stereocenters. The normalized spacial score (nSPS) is 25.4. The van der Waals surface area contributed by atoms with Gasteiger partial charge in [-0.15, -0.1) is 0 Å². The van der Waals surface area contributed by atoms with Crippen molar-refractivity contribution in [2.24, 2.45) is 5.92 Å². The quantitative estimate of drug-likeness (QED) is 0.677. The number of rotatable bonds is 1. The molecule has 0 spiro atoms. The summed E-state index contributed by atoms with van der Waals surface area (Å²) in [5.41, 5.74) is 0.258. The second kappa shape index (κ2) is 3.26. The highest BCUT2D eigenvalue weighted by molar-refractivity contribution is 5.42. The molecule has 0 bridgehead atoms. The van der Waals surface area contributed by atoms with E-state index in [1.54, 1.807) is 0 Å². The van der Waals surface area contributed by atoms with Crippen LogP contribution in [0.25, 0.3) is 0 Å². The zero-order valence-corrected chi connectivity index (χ0v) is 9.20. The zero-order valence-electron chi connectivity index (χ0n) is 9.20. The van der Waals surface area contributed by atoms with E-state index < -0.39 is 0 Å². The number of aromatic nitrogens is 1. The van der Waals surface area contributed by atoms with Crippen LogP contribution in [0.15, 0.2) is 24.4 Å². The molecule has 1 aliphatic rings. The minimum atomic E-state index is 0.258. The van der Waals surface area contributed by atoms with Crippen molar-refractivity contribution >= 4 is 5.82 Å². The van der Waals surface area contributed by atoms with Gasteiger partial charge in [-0.2, -0.15) is 0 Å². The van der Waals surface area contributed by atoms with E-state index in [0.717, 1.165) is 18.3 Å². The van der Waals surface area contributed by atoms with Gasteiger partial charge in [-0.3, -0.25) is 0 Å². The third kappa shape index (κ3) is 1.61. The molecule has 0 saturated carbocycles. The topological polar surface area (TPSA) is 16.1 Å². The van der Waals surface area contributed by atoms with Gasteiger partial charge in [0.05, 0.1) is 0 Å². The zero-order chi connectivity index (χ0) is 10.2. The molecule has 2 rings (SSSR count). The lowest BCUT2D eigenvalue weighted by Gasteiger charge is -2.32. The second-order valence-electron chi connectivity index (χ2n) is 4.92. The molecule has 14 heavy (non-hydrogen) atoms. The van der Waals surface area contributed by atoms with Gasteiger partial charge in [-0.1, -0.05) is 13.0 Å². The highest BCUT2D eigenvalue weighted by atomic mass is 15.3. The van der Waals surface area contributed by atoms with Gasteiger partial charge in [-0.25, -0.2) is 4.98 Å². The standard InChI is InChI=1S/C12H18N2/c1-10-8-12(2,3)14(9-10)11-6-4-5-7-13-11/h4-7,10H,8-9H2,1-3H3/t10-/m0/s1. The molecule has 1 aromatic heterocycles. The maximum atomic E-state index is 4.42. The molecular weight excluding hydrogens is 172 g/mol. The maximum absolute atomic E-state index is 4.42. The van der Waals surface area contributed by atoms with Gasteiger partial charge in [0, 0.05) is 18.3 Å². The monoisotopic (exact) mass is 190 g/mol. The first-order valence-electron chi connectivity index (χ1n) is 5.28. The van der Waals surface area contributed by atoms with E-state index in [1.807, 2.05) is 12.3 Å². The van der Waals surface area contributed by atoms with Gasteiger partial charge in [0.15, 0.2) is 0 Å². The van der Waals surface area contributed by atoms with Gasteiger partial charge in [-0.05, 0) is 38.3 Å². The van der Waals surface area contributed by atoms with Gasteiger partial charge in [0.25, 0.3) is 0 Å². The van der Waals surface area contributed by atoms with Gasteiger partial charge in [0.1, 0.15) is 5.82 Å². The number of nitrogens with zero attached hydrogens (tertiary/aromatic N) is 2. The molecular formula is C12H18N2. The molecule has 0 aliphatic carbocycles. The summed E-state index contributed by atoms with van der Waals surface area (Å²) >= 11 is 0. The number of hydrogen-bond donors (Lipinski definition) is 0. The Morgan fingerprint density at radius 3 is 2.71 bits per heavy atom. The Hall–Kier alpha value is -1.05. The number of pyridine rings is 1. The lowest BCUT2D eigenvalue weighted by molar-refractivity contribution is 0.486. The molecule has 2 nitrogen and oxygen atoms in total. The van der Waals surface area contributed by atoms with Gasteiger partial charge >= 0.3 is 0 Å². The van der Waals surface area contributed by atoms with Crippen molar-refractivity contribution in [3.05, 3.63) is 24.4 Å². The fourth-order valence-corrected chi connectivity index (χ4v) is 2.50. The Labute approximate surface area is 86.0 Å². The Morgan fingerprint density at radius 2 is 2.21 bits per heavy atom. The lowest BCUT2D eigenvalue weighted by atomic mass is 9.98. The highest BCUT2D eigenvalue weighted by Gasteiger charge is 2.36. The molecule has 1 aromatic rings. The Morgan fingerprint density at radius 1 is 1.43 bits per heavy atom. The van der Waals surface area contributed by atoms with Crippen molar-refractivity contribution in [1.82, 2.24) is 4.98 Å². The van der Waals surface area contributed by atoms with Gasteiger partial charge < -0.3 is 4.90 Å². The summed E-state index contributed by atoms with van der Waals surface area (Å²) in [7, 11) is 0. The van der Waals surface area contributed by atoms with E-state index in [0.29, 0.717) is 0 Å². The van der Waals surface area contributed by atoms with Gasteiger partial charge in [0.2, 0.25) is 0 Å². The van der Waals surface area contributed by atoms with Crippen LogP contribution >= 0.6 is 0 Å². The lowest BCUT2D eigenvalue weighted by Crippen LogP contribution is -2.38. The molecule has 0 aromatic carbocycles. The summed E-state index contributed by atoms with van der Waals surface area (Å²) in [6.07, 6.45) is 3.12. The molecule has 1 aliphatic heterocycles. The average molecular weight is 190 g/mol. The van der Waals surface area contributed by atoms with Crippen molar-refractivity contribution in [2.75, 3.05) is 11.4 Å². The van der Waals surface area contributed by atoms with Crippen molar-refractivity contribution in [2.45, 2.75) is 32.7 Å². The van der Waals surface area contributed by atoms with Crippen LogP contribution in [0, 0.1) is 5.92 Å². The fraction of sp³-hybridized carbons (Fsp3) is 0.583. The summed E-state index contributed by atoms with van der Waals surface area (Å²) in [5, 5.41) is 0. The van der Waals surface area contributed by atoms with E-state index in [4.69, 9.17) is 0 Å². The predicted octanol–water partition coefficient (Wildman–Crippen LogP) is 2.71. The van der Waals surface area contributed by atoms with Crippen molar-refractivity contribution < 1.29 is 0 Å². The van der Waals surface area contributed by atoms with Crippen LogP contribution in [-0.2, 0) is 0 Å². The minimum absolute atomic E-state index is 0.258. The van der Waals surface area contributed by atoms with Crippen LogP contribution in [0.2, 0.25) is 0 Å². The van der Waals surface area contributed by atoms with E-state index in [1.165, 1.54) is 6.42 Å². The SMILES string of the molecule is C[C@@H]1CN(c2ccccn2)C(C)(C)C1. The van der Waals surface area contributed by atoms with Crippen LogP contribution in [0.1, 0.15) is 27.2 Å². The van der Waals surface area contributed by atoms with Crippen LogP contribution in [0.5, 0.6) is 0 Å². The van der Waals surface area contributed by atoms with Crippen molar-refractivity contribution in [3.8, 4) is 0 Å². The number of anilines is 1. The molecule has 0 radical (unpaired) electrons. The summed E-state index contributed by atoms with van der Waals surface area (Å²) in [5.74, 6) is 1.88. The predicted molar refractivity (Wildman–Crippen MR) is 59.4 cm³/mol. The van der Waals surface area contributed by atoms with E-state index >= 15 is 0 Å².